The van der Waals surface area contributed by atoms with Gasteiger partial charge in [-0.05, 0) is 25.8 Å². The Labute approximate surface area is 102 Å². The molecule has 0 bridgehead atoms. The van der Waals surface area contributed by atoms with Gasteiger partial charge in [0.1, 0.15) is 12.0 Å². The number of aryl methyl sites for hydroxylation is 1. The van der Waals surface area contributed by atoms with Crippen LogP contribution in [-0.2, 0) is 0 Å². The summed E-state index contributed by atoms with van der Waals surface area (Å²) in [4.78, 5) is 14.3. The average Bonchev–Trinajstić information content (AvgIpc) is 2.64. The normalized spacial score (nSPS) is 21.3. The van der Waals surface area contributed by atoms with Gasteiger partial charge in [-0.2, -0.15) is 0 Å². The molecule has 0 aromatic carbocycles. The monoisotopic (exact) mass is 236 g/mol. The van der Waals surface area contributed by atoms with Crippen molar-refractivity contribution in [3.8, 4) is 0 Å². The molecule has 4 heteroatoms. The Hall–Kier alpha value is -1.29. The lowest BCUT2D eigenvalue weighted by Gasteiger charge is -2.28. The first-order valence-electron chi connectivity index (χ1n) is 6.28. The van der Waals surface area contributed by atoms with Crippen molar-refractivity contribution in [1.82, 2.24) is 4.90 Å². The fourth-order valence-corrected chi connectivity index (χ4v) is 2.41. The predicted octanol–water partition coefficient (Wildman–Crippen LogP) is 1.93. The van der Waals surface area contributed by atoms with Crippen molar-refractivity contribution in [3.05, 3.63) is 23.7 Å². The van der Waals surface area contributed by atoms with Crippen LogP contribution in [0.15, 0.2) is 16.7 Å². The highest BCUT2D eigenvalue weighted by atomic mass is 16.3. The van der Waals surface area contributed by atoms with Crippen molar-refractivity contribution in [2.45, 2.75) is 38.6 Å². The topological polar surface area (TPSA) is 59.5 Å². The smallest absolute Gasteiger partial charge is 0.257 e. The van der Waals surface area contributed by atoms with Crippen molar-refractivity contribution in [2.24, 2.45) is 5.73 Å². The average molecular weight is 236 g/mol. The Morgan fingerprint density at radius 3 is 3.00 bits per heavy atom. The van der Waals surface area contributed by atoms with Crippen LogP contribution >= 0.6 is 0 Å². The number of rotatable bonds is 2. The maximum absolute atomic E-state index is 12.3. The van der Waals surface area contributed by atoms with Gasteiger partial charge in [0.05, 0.1) is 5.56 Å². The van der Waals surface area contributed by atoms with Gasteiger partial charge in [0, 0.05) is 19.1 Å². The van der Waals surface area contributed by atoms with Crippen molar-refractivity contribution in [2.75, 3.05) is 13.1 Å². The molecule has 1 aliphatic heterocycles. The summed E-state index contributed by atoms with van der Waals surface area (Å²) in [5.41, 5.74) is 6.41. The quantitative estimate of drug-likeness (QED) is 0.853. The maximum Gasteiger partial charge on any atom is 0.257 e. The number of nitrogens with zero attached hydrogens (tertiary/aromatic N) is 1. The Balaban J connectivity index is 2.15. The van der Waals surface area contributed by atoms with E-state index in [4.69, 9.17) is 10.2 Å². The molecule has 2 heterocycles. The highest BCUT2D eigenvalue weighted by Crippen LogP contribution is 2.19. The van der Waals surface area contributed by atoms with Gasteiger partial charge in [-0.3, -0.25) is 4.79 Å². The van der Waals surface area contributed by atoms with E-state index in [1.165, 1.54) is 12.7 Å². The van der Waals surface area contributed by atoms with E-state index in [-0.39, 0.29) is 11.9 Å². The molecule has 2 N–H and O–H groups in total. The summed E-state index contributed by atoms with van der Waals surface area (Å²) in [6.45, 7) is 3.20. The Morgan fingerprint density at radius 1 is 1.53 bits per heavy atom. The highest BCUT2D eigenvalue weighted by Gasteiger charge is 2.25. The third-order valence-corrected chi connectivity index (χ3v) is 3.39. The Bertz CT molecular complexity index is 387. The van der Waals surface area contributed by atoms with Gasteiger partial charge < -0.3 is 15.1 Å². The second-order valence-corrected chi connectivity index (χ2v) is 4.68. The predicted molar refractivity (Wildman–Crippen MR) is 65.8 cm³/mol. The molecule has 1 aliphatic rings. The number of furan rings is 1. The van der Waals surface area contributed by atoms with E-state index in [2.05, 4.69) is 0 Å². The summed E-state index contributed by atoms with van der Waals surface area (Å²) in [7, 11) is 0. The lowest BCUT2D eigenvalue weighted by molar-refractivity contribution is 0.0688. The summed E-state index contributed by atoms with van der Waals surface area (Å²) in [5, 5.41) is 0. The lowest BCUT2D eigenvalue weighted by Crippen LogP contribution is -2.44. The SMILES string of the molecule is Cc1cc(C(=O)N2CCCCCC2CN)co1. The third-order valence-electron chi connectivity index (χ3n) is 3.39. The van der Waals surface area contributed by atoms with Crippen LogP contribution in [0.1, 0.15) is 41.8 Å². The zero-order valence-corrected chi connectivity index (χ0v) is 10.3. The van der Waals surface area contributed by atoms with Crippen LogP contribution in [0.3, 0.4) is 0 Å². The molecular weight excluding hydrogens is 216 g/mol. The highest BCUT2D eigenvalue weighted by molar-refractivity contribution is 5.94. The Morgan fingerprint density at radius 2 is 2.35 bits per heavy atom. The summed E-state index contributed by atoms with van der Waals surface area (Å²) in [6, 6.07) is 1.97. The zero-order valence-electron chi connectivity index (χ0n) is 10.3. The van der Waals surface area contributed by atoms with Crippen LogP contribution in [0, 0.1) is 6.92 Å². The van der Waals surface area contributed by atoms with Crippen molar-refractivity contribution < 1.29 is 9.21 Å². The van der Waals surface area contributed by atoms with E-state index in [1.54, 1.807) is 6.07 Å². The van der Waals surface area contributed by atoms with Gasteiger partial charge in [0.25, 0.3) is 5.91 Å². The number of carbonyl (C=O) groups is 1. The van der Waals surface area contributed by atoms with Crippen molar-refractivity contribution in [1.29, 1.82) is 0 Å². The number of hydrogen-bond donors (Lipinski definition) is 1. The van der Waals surface area contributed by atoms with Gasteiger partial charge >= 0.3 is 0 Å². The molecule has 1 amide bonds. The third kappa shape index (κ3) is 2.69. The number of amides is 1. The molecule has 0 radical (unpaired) electrons. The summed E-state index contributed by atoms with van der Waals surface area (Å²) in [6.07, 6.45) is 5.97. The van der Waals surface area contributed by atoms with Crippen LogP contribution in [0.4, 0.5) is 0 Å². The second kappa shape index (κ2) is 5.36. The number of hydrogen-bond acceptors (Lipinski definition) is 3. The van der Waals surface area contributed by atoms with Crippen molar-refractivity contribution in [3.63, 3.8) is 0 Å². The van der Waals surface area contributed by atoms with E-state index < -0.39 is 0 Å². The molecule has 1 unspecified atom stereocenters. The van der Waals surface area contributed by atoms with Gasteiger partial charge in [-0.25, -0.2) is 0 Å². The lowest BCUT2D eigenvalue weighted by atomic mass is 10.1. The van der Waals surface area contributed by atoms with Gasteiger partial charge in [-0.1, -0.05) is 12.8 Å². The van der Waals surface area contributed by atoms with Gasteiger partial charge in [0.15, 0.2) is 0 Å². The van der Waals surface area contributed by atoms with E-state index in [1.807, 2.05) is 11.8 Å². The summed E-state index contributed by atoms with van der Waals surface area (Å²) >= 11 is 0. The molecule has 17 heavy (non-hydrogen) atoms. The molecule has 1 atom stereocenters. The molecule has 0 spiro atoms. The van der Waals surface area contributed by atoms with Crippen LogP contribution < -0.4 is 5.73 Å². The van der Waals surface area contributed by atoms with Gasteiger partial charge in [-0.15, -0.1) is 0 Å². The standard InChI is InChI=1S/C13H20N2O2/c1-10-7-11(9-17-10)13(16)15-6-4-2-3-5-12(15)8-14/h7,9,12H,2-6,8,14H2,1H3. The summed E-state index contributed by atoms with van der Waals surface area (Å²) in [5.74, 6) is 0.826. The molecule has 0 saturated carbocycles. The molecule has 4 nitrogen and oxygen atoms in total. The second-order valence-electron chi connectivity index (χ2n) is 4.68. The molecular formula is C13H20N2O2. The molecule has 1 saturated heterocycles. The summed E-state index contributed by atoms with van der Waals surface area (Å²) < 4.78 is 5.20. The minimum absolute atomic E-state index is 0.0548. The molecule has 2 rings (SSSR count). The molecule has 1 aromatic rings. The molecule has 0 aliphatic carbocycles. The van der Waals surface area contributed by atoms with Crippen LogP contribution in [0.2, 0.25) is 0 Å². The molecule has 1 aromatic heterocycles. The number of nitrogens with two attached hydrogens (primary N) is 1. The first-order chi connectivity index (χ1) is 8.22. The van der Waals surface area contributed by atoms with E-state index >= 15 is 0 Å². The Kier molecular flexibility index (Phi) is 3.84. The molecule has 94 valence electrons. The number of carbonyl (C=O) groups excluding carboxylic acids is 1. The van der Waals surface area contributed by atoms with E-state index in [9.17, 15) is 4.79 Å². The number of likely N-dealkylation sites (tertiary alicyclic amines) is 1. The molecule has 1 fully saturated rings. The fraction of sp³-hybridized carbons (Fsp3) is 0.615. The first kappa shape index (κ1) is 12.2. The zero-order chi connectivity index (χ0) is 12.3. The van der Waals surface area contributed by atoms with Crippen LogP contribution in [-0.4, -0.2) is 29.9 Å². The van der Waals surface area contributed by atoms with E-state index in [0.717, 1.165) is 31.6 Å². The van der Waals surface area contributed by atoms with Crippen LogP contribution in [0.5, 0.6) is 0 Å². The minimum Gasteiger partial charge on any atom is -0.469 e. The van der Waals surface area contributed by atoms with Crippen molar-refractivity contribution >= 4 is 5.91 Å². The van der Waals surface area contributed by atoms with Gasteiger partial charge in [0.2, 0.25) is 0 Å². The fourth-order valence-electron chi connectivity index (χ4n) is 2.41. The largest absolute Gasteiger partial charge is 0.469 e. The minimum atomic E-state index is 0.0548. The van der Waals surface area contributed by atoms with Crippen LogP contribution in [0.25, 0.3) is 0 Å². The van der Waals surface area contributed by atoms with E-state index in [0.29, 0.717) is 12.1 Å². The first-order valence-corrected chi connectivity index (χ1v) is 6.28. The maximum atomic E-state index is 12.3.